The average Bonchev–Trinajstić information content (AvgIpc) is 3.86. The van der Waals surface area contributed by atoms with Crippen molar-refractivity contribution in [2.75, 3.05) is 0 Å². The number of para-hydroxylation sites is 3. The van der Waals surface area contributed by atoms with E-state index >= 15 is 0 Å². The molecule has 0 aliphatic heterocycles. The maximum Gasteiger partial charge on any atom is 0.138 e. The smallest absolute Gasteiger partial charge is 0.138 e. The number of allylic oxidation sites excluding steroid dienone is 1. The Hall–Kier alpha value is -6.84. The molecule has 0 atom stereocenters. The number of hydrogen-bond donors (Lipinski definition) is 0. The third-order valence-electron chi connectivity index (χ3n) is 10.9. The Morgan fingerprint density at radius 3 is 2.04 bits per heavy atom. The molecular weight excluding hydrogens is 657 g/mol. The molecule has 3 heterocycles. The second-order valence-corrected chi connectivity index (χ2v) is 14.2. The van der Waals surface area contributed by atoms with Gasteiger partial charge in [-0.3, -0.25) is 0 Å². The molecule has 0 amide bonds. The van der Waals surface area contributed by atoms with E-state index in [2.05, 4.69) is 193 Å². The van der Waals surface area contributed by atoms with Crippen molar-refractivity contribution in [3.63, 3.8) is 0 Å². The van der Waals surface area contributed by atoms with Gasteiger partial charge in [-0.2, -0.15) is 0 Å². The van der Waals surface area contributed by atoms with Crippen LogP contribution in [-0.4, -0.2) is 9.13 Å². The lowest BCUT2D eigenvalue weighted by atomic mass is 10.00. The highest BCUT2D eigenvalue weighted by atomic mass is 16.3. The average molecular weight is 695 g/mol. The molecule has 10 aromatic rings. The maximum absolute atomic E-state index is 6.39. The number of rotatable bonds is 7. The predicted octanol–water partition coefficient (Wildman–Crippen LogP) is 13.9. The normalized spacial score (nSPS) is 12.0. The number of aromatic nitrogens is 2. The van der Waals surface area contributed by atoms with Crippen LogP contribution >= 0.6 is 0 Å². The number of nitrogens with zero attached hydrogens (tertiary/aromatic N) is 2. The third kappa shape index (κ3) is 5.04. The van der Waals surface area contributed by atoms with Crippen LogP contribution in [0.2, 0.25) is 0 Å². The van der Waals surface area contributed by atoms with Crippen molar-refractivity contribution >= 4 is 66.8 Å². The van der Waals surface area contributed by atoms with Gasteiger partial charge in [0.1, 0.15) is 11.2 Å². The van der Waals surface area contributed by atoms with Crippen LogP contribution in [0.15, 0.2) is 169 Å². The lowest BCUT2D eigenvalue weighted by Gasteiger charge is -2.10. The van der Waals surface area contributed by atoms with Gasteiger partial charge in [0, 0.05) is 50.3 Å². The van der Waals surface area contributed by atoms with E-state index in [0.29, 0.717) is 0 Å². The third-order valence-corrected chi connectivity index (χ3v) is 10.9. The topological polar surface area (TPSA) is 23.0 Å². The predicted molar refractivity (Wildman–Crippen MR) is 229 cm³/mol. The Morgan fingerprint density at radius 1 is 0.574 bits per heavy atom. The summed E-state index contributed by atoms with van der Waals surface area (Å²) in [6.07, 6.45) is 7.08. The molecule has 0 N–H and O–H groups in total. The number of aryl methyl sites for hydroxylation is 1. The molecule has 0 saturated heterocycles. The van der Waals surface area contributed by atoms with Crippen LogP contribution in [-0.2, 0) is 6.42 Å². The quantitative estimate of drug-likeness (QED) is 0.163. The van der Waals surface area contributed by atoms with Crippen LogP contribution in [0.5, 0.6) is 0 Å². The molecule has 0 bridgehead atoms. The van der Waals surface area contributed by atoms with E-state index < -0.39 is 0 Å². The Morgan fingerprint density at radius 2 is 1.26 bits per heavy atom. The van der Waals surface area contributed by atoms with E-state index in [-0.39, 0.29) is 0 Å². The molecule has 258 valence electrons. The lowest BCUT2D eigenvalue weighted by molar-refractivity contribution is 0.664. The molecule has 0 fully saturated rings. The van der Waals surface area contributed by atoms with Gasteiger partial charge in [0.05, 0.1) is 22.2 Å². The van der Waals surface area contributed by atoms with Crippen LogP contribution in [0.1, 0.15) is 34.9 Å². The summed E-state index contributed by atoms with van der Waals surface area (Å²) in [6.45, 7) is 8.41. The number of benzene rings is 7. The zero-order valence-electron chi connectivity index (χ0n) is 30.4. The van der Waals surface area contributed by atoms with Gasteiger partial charge in [-0.05, 0) is 109 Å². The van der Waals surface area contributed by atoms with Crippen LogP contribution in [0.25, 0.3) is 89.3 Å². The SMILES string of the molecule is C=Cc1c(/C=C\C)c2cc(-c3ccc4c(c3)c3ccccc3n4-c3ccc(Cc4cccc5c4oc4ccc(C)cc45)cc3)ccc2n1-c1ccccc1. The first-order valence-corrected chi connectivity index (χ1v) is 18.6. The van der Waals surface area contributed by atoms with Crippen molar-refractivity contribution in [3.05, 3.63) is 192 Å². The number of hydrogen-bond acceptors (Lipinski definition) is 1. The minimum absolute atomic E-state index is 0.802. The summed E-state index contributed by atoms with van der Waals surface area (Å²) in [6, 6.07) is 55.0. The molecule has 0 radical (unpaired) electrons. The first-order chi connectivity index (χ1) is 26.6. The van der Waals surface area contributed by atoms with Gasteiger partial charge in [-0.1, -0.05) is 109 Å². The van der Waals surface area contributed by atoms with E-state index in [1.165, 1.54) is 76.9 Å². The molecule has 0 saturated carbocycles. The lowest BCUT2D eigenvalue weighted by Crippen LogP contribution is -1.96. The van der Waals surface area contributed by atoms with Gasteiger partial charge >= 0.3 is 0 Å². The Kier molecular flexibility index (Phi) is 7.48. The molecule has 54 heavy (non-hydrogen) atoms. The van der Waals surface area contributed by atoms with E-state index in [9.17, 15) is 0 Å². The molecule has 0 aliphatic carbocycles. The Balaban J connectivity index is 1.04. The zero-order valence-corrected chi connectivity index (χ0v) is 30.4. The molecule has 0 unspecified atom stereocenters. The highest BCUT2D eigenvalue weighted by molar-refractivity contribution is 6.11. The van der Waals surface area contributed by atoms with Gasteiger partial charge in [0.2, 0.25) is 0 Å². The molecule has 3 heteroatoms. The van der Waals surface area contributed by atoms with Gasteiger partial charge < -0.3 is 13.6 Å². The molecule has 0 aliphatic rings. The van der Waals surface area contributed by atoms with Gasteiger partial charge in [0.25, 0.3) is 0 Å². The summed E-state index contributed by atoms with van der Waals surface area (Å²) < 4.78 is 11.1. The Labute approximate surface area is 314 Å². The summed E-state index contributed by atoms with van der Waals surface area (Å²) in [7, 11) is 0. The van der Waals surface area contributed by atoms with E-state index in [0.717, 1.165) is 34.7 Å². The highest BCUT2D eigenvalue weighted by Gasteiger charge is 2.18. The number of furan rings is 1. The van der Waals surface area contributed by atoms with Gasteiger partial charge in [-0.25, -0.2) is 0 Å². The van der Waals surface area contributed by atoms with Crippen LogP contribution in [0.3, 0.4) is 0 Å². The summed E-state index contributed by atoms with van der Waals surface area (Å²) in [5, 5.41) is 6.04. The second-order valence-electron chi connectivity index (χ2n) is 14.2. The first kappa shape index (κ1) is 31.9. The summed E-state index contributed by atoms with van der Waals surface area (Å²) >= 11 is 0. The van der Waals surface area contributed by atoms with E-state index in [1.807, 2.05) is 6.08 Å². The molecule has 3 nitrogen and oxygen atoms in total. The monoisotopic (exact) mass is 694 g/mol. The molecule has 3 aromatic heterocycles. The van der Waals surface area contributed by atoms with Crippen LogP contribution in [0, 0.1) is 6.92 Å². The van der Waals surface area contributed by atoms with E-state index in [1.54, 1.807) is 0 Å². The minimum Gasteiger partial charge on any atom is -0.456 e. The fraction of sp³-hybridized carbons (Fsp3) is 0.0588. The van der Waals surface area contributed by atoms with Crippen LogP contribution < -0.4 is 0 Å². The second kappa shape index (κ2) is 12.7. The standard InChI is InChI=1S/C51H38N2O/c1-4-12-40-43-31-35(22-26-48(43)52(46(40)5-2)38-14-7-6-8-15-38)36-23-27-49-44(32-36)41-16-9-10-18-47(41)53(49)39-24-20-34(21-25-39)30-37-13-11-17-42-45-29-33(3)19-28-50(45)54-51(37)42/h4-29,31-32H,2,30H2,1,3H3/b12-4-. The van der Waals surface area contributed by atoms with Crippen molar-refractivity contribution in [3.8, 4) is 22.5 Å². The van der Waals surface area contributed by atoms with Crippen molar-refractivity contribution in [2.45, 2.75) is 20.3 Å². The van der Waals surface area contributed by atoms with Crippen LogP contribution in [0.4, 0.5) is 0 Å². The van der Waals surface area contributed by atoms with Crippen molar-refractivity contribution in [1.29, 1.82) is 0 Å². The largest absolute Gasteiger partial charge is 0.456 e. The zero-order chi connectivity index (χ0) is 36.3. The summed E-state index contributed by atoms with van der Waals surface area (Å²) in [5.74, 6) is 0. The van der Waals surface area contributed by atoms with Crippen molar-refractivity contribution in [1.82, 2.24) is 9.13 Å². The fourth-order valence-corrected chi connectivity index (χ4v) is 8.44. The minimum atomic E-state index is 0.802. The van der Waals surface area contributed by atoms with Crippen molar-refractivity contribution in [2.24, 2.45) is 0 Å². The van der Waals surface area contributed by atoms with Crippen molar-refractivity contribution < 1.29 is 4.42 Å². The molecular formula is C51H38N2O. The summed E-state index contributed by atoms with van der Waals surface area (Å²) in [5.41, 5.74) is 16.1. The summed E-state index contributed by atoms with van der Waals surface area (Å²) in [4.78, 5) is 0. The Bertz CT molecular complexity index is 3100. The maximum atomic E-state index is 6.39. The fourth-order valence-electron chi connectivity index (χ4n) is 8.44. The first-order valence-electron chi connectivity index (χ1n) is 18.6. The molecule has 10 rings (SSSR count). The van der Waals surface area contributed by atoms with Gasteiger partial charge in [-0.15, -0.1) is 0 Å². The van der Waals surface area contributed by atoms with E-state index in [4.69, 9.17) is 4.42 Å². The highest BCUT2D eigenvalue weighted by Crippen LogP contribution is 2.39. The van der Waals surface area contributed by atoms with Gasteiger partial charge in [0.15, 0.2) is 0 Å². The molecule has 0 spiro atoms. The molecule has 7 aromatic carbocycles. The number of fused-ring (bicyclic) bond motifs is 7.